The van der Waals surface area contributed by atoms with E-state index in [-0.39, 0.29) is 5.75 Å². The van der Waals surface area contributed by atoms with Crippen LogP contribution in [0.25, 0.3) is 99.8 Å². The number of aryl methyl sites for hydroxylation is 1. The van der Waals surface area contributed by atoms with Gasteiger partial charge in [0.05, 0.1) is 11.1 Å². The van der Waals surface area contributed by atoms with Crippen molar-refractivity contribution >= 4 is 39.0 Å². The second kappa shape index (κ2) is 20.4. The Bertz CT molecular complexity index is 4660. The molecule has 1 N–H and O–H groups in total. The van der Waals surface area contributed by atoms with E-state index >= 15 is 0 Å². The standard InChI is InChI=1S/C80H55NO2/c1-53-37-50-64(65-51-52-74-79(68-31-16-19-36-73(68)83-74)77(65)58-40-38-56(39-41-58)54-21-6-2-7-22-54)76(75(53)67-30-15-18-35-72(67)82)59-44-48-63(49-45-59)81(62-46-42-57(43-47-62)55-23-8-3-9-24-55)71-34-20-33-70-78(71)66-29-14-17-32-69(66)80(70,60-25-10-4-11-26-60)61-27-12-5-13-28-61/h2-52,82H,1H3. The van der Waals surface area contributed by atoms with Crippen molar-refractivity contribution in [1.82, 2.24) is 0 Å². The zero-order chi connectivity index (χ0) is 55.4. The molecule has 3 nitrogen and oxygen atoms in total. The van der Waals surface area contributed by atoms with Gasteiger partial charge in [-0.3, -0.25) is 0 Å². The predicted molar refractivity (Wildman–Crippen MR) is 345 cm³/mol. The largest absolute Gasteiger partial charge is 0.507 e. The Morgan fingerprint density at radius 3 is 1.42 bits per heavy atom. The van der Waals surface area contributed by atoms with Gasteiger partial charge in [0.1, 0.15) is 16.9 Å². The van der Waals surface area contributed by atoms with Crippen LogP contribution in [-0.4, -0.2) is 5.11 Å². The molecule has 1 aliphatic carbocycles. The summed E-state index contributed by atoms with van der Waals surface area (Å²) >= 11 is 0. The molecule has 83 heavy (non-hydrogen) atoms. The van der Waals surface area contributed by atoms with Crippen LogP contribution in [0, 0.1) is 6.92 Å². The summed E-state index contributed by atoms with van der Waals surface area (Å²) < 4.78 is 6.64. The van der Waals surface area contributed by atoms with Gasteiger partial charge >= 0.3 is 0 Å². The number of anilines is 3. The number of hydrogen-bond donors (Lipinski definition) is 1. The molecule has 0 fully saturated rings. The Labute approximate surface area is 483 Å². The molecule has 1 aliphatic rings. The fourth-order valence-electron chi connectivity index (χ4n) is 13.4. The summed E-state index contributed by atoms with van der Waals surface area (Å²) in [5.74, 6) is 0.226. The monoisotopic (exact) mass is 1060 g/mol. The van der Waals surface area contributed by atoms with E-state index < -0.39 is 5.41 Å². The van der Waals surface area contributed by atoms with Crippen LogP contribution in [0.1, 0.15) is 27.8 Å². The first-order valence-corrected chi connectivity index (χ1v) is 28.5. The zero-order valence-corrected chi connectivity index (χ0v) is 45.7. The van der Waals surface area contributed by atoms with Crippen molar-refractivity contribution in [2.45, 2.75) is 12.3 Å². The summed E-state index contributed by atoms with van der Waals surface area (Å²) in [5.41, 5.74) is 25.3. The highest BCUT2D eigenvalue weighted by molar-refractivity contribution is 6.17. The summed E-state index contributed by atoms with van der Waals surface area (Å²) in [5, 5.41) is 14.0. The summed E-state index contributed by atoms with van der Waals surface area (Å²) in [6.07, 6.45) is 0. The molecule has 0 unspecified atom stereocenters. The lowest BCUT2D eigenvalue weighted by Gasteiger charge is -2.34. The SMILES string of the molecule is Cc1ccc(-c2ccc3oc4ccccc4c3c2-c2ccc(-c3ccccc3)cc2)c(-c2ccc(N(c3ccc(-c4ccccc4)cc3)c3cccc4c3-c3ccccc3C4(c3ccccc3)c3ccccc3)cc2)c1-c1ccccc1O. The first kappa shape index (κ1) is 49.3. The Morgan fingerprint density at radius 1 is 0.313 bits per heavy atom. The molecular formula is C80H55NO2. The van der Waals surface area contributed by atoms with Crippen molar-refractivity contribution in [3.05, 3.63) is 337 Å². The molecule has 0 atom stereocenters. The van der Waals surface area contributed by atoms with Crippen LogP contribution in [0.4, 0.5) is 17.1 Å². The lowest BCUT2D eigenvalue weighted by molar-refractivity contribution is 0.477. The van der Waals surface area contributed by atoms with Crippen molar-refractivity contribution in [3.63, 3.8) is 0 Å². The lowest BCUT2D eigenvalue weighted by atomic mass is 9.68. The lowest BCUT2D eigenvalue weighted by Crippen LogP contribution is -2.28. The van der Waals surface area contributed by atoms with Crippen LogP contribution < -0.4 is 4.90 Å². The van der Waals surface area contributed by atoms with Crippen LogP contribution in [0.2, 0.25) is 0 Å². The van der Waals surface area contributed by atoms with E-state index in [2.05, 4.69) is 291 Å². The number of fused-ring (bicyclic) bond motifs is 6. The third-order valence-electron chi connectivity index (χ3n) is 17.0. The molecule has 0 radical (unpaired) electrons. The summed E-state index contributed by atoms with van der Waals surface area (Å²) in [4.78, 5) is 2.44. The molecule has 1 aromatic heterocycles. The molecule has 1 heterocycles. The minimum atomic E-state index is -0.577. The fraction of sp³-hybridized carbons (Fsp3) is 0.0250. The minimum Gasteiger partial charge on any atom is -0.507 e. The van der Waals surface area contributed by atoms with Crippen LogP contribution in [0.15, 0.2) is 314 Å². The van der Waals surface area contributed by atoms with E-state index in [1.54, 1.807) is 6.07 Å². The van der Waals surface area contributed by atoms with E-state index in [1.165, 1.54) is 44.5 Å². The average molecular weight is 1060 g/mol. The number of aromatic hydroxyl groups is 1. The molecule has 0 aliphatic heterocycles. The Balaban J connectivity index is 0.959. The fourth-order valence-corrected chi connectivity index (χ4v) is 13.4. The molecule has 0 saturated heterocycles. The van der Waals surface area contributed by atoms with Crippen molar-refractivity contribution in [1.29, 1.82) is 0 Å². The van der Waals surface area contributed by atoms with Gasteiger partial charge in [-0.25, -0.2) is 0 Å². The van der Waals surface area contributed by atoms with Crippen LogP contribution in [-0.2, 0) is 5.41 Å². The maximum Gasteiger partial charge on any atom is 0.136 e. The van der Waals surface area contributed by atoms with Crippen molar-refractivity contribution in [2.75, 3.05) is 4.90 Å². The number of furan rings is 1. The molecule has 0 amide bonds. The minimum absolute atomic E-state index is 0.226. The number of nitrogens with zero attached hydrogens (tertiary/aromatic N) is 1. The summed E-state index contributed by atoms with van der Waals surface area (Å²) in [6.45, 7) is 2.15. The topological polar surface area (TPSA) is 36.6 Å². The highest BCUT2D eigenvalue weighted by Crippen LogP contribution is 2.60. The second-order valence-corrected chi connectivity index (χ2v) is 21.6. The van der Waals surface area contributed by atoms with Gasteiger partial charge in [0.2, 0.25) is 0 Å². The second-order valence-electron chi connectivity index (χ2n) is 21.6. The molecule has 15 rings (SSSR count). The van der Waals surface area contributed by atoms with Gasteiger partial charge in [-0.1, -0.05) is 255 Å². The normalized spacial score (nSPS) is 12.3. The number of phenolic OH excluding ortho intramolecular Hbond substituents is 1. The number of phenols is 1. The molecular weight excluding hydrogens is 1010 g/mol. The highest BCUT2D eigenvalue weighted by atomic mass is 16.3. The molecule has 14 aromatic rings. The quantitative estimate of drug-likeness (QED) is 0.140. The molecule has 0 bridgehead atoms. The number of hydrogen-bond acceptors (Lipinski definition) is 3. The number of para-hydroxylation sites is 2. The average Bonchev–Trinajstić information content (AvgIpc) is 3.35. The Hall–Kier alpha value is -10.7. The van der Waals surface area contributed by atoms with E-state index in [0.717, 1.165) is 100 Å². The van der Waals surface area contributed by atoms with E-state index in [9.17, 15) is 5.11 Å². The highest BCUT2D eigenvalue weighted by Gasteiger charge is 2.47. The van der Waals surface area contributed by atoms with Crippen LogP contribution >= 0.6 is 0 Å². The van der Waals surface area contributed by atoms with E-state index in [4.69, 9.17) is 4.42 Å². The maximum atomic E-state index is 11.9. The third-order valence-corrected chi connectivity index (χ3v) is 17.0. The number of rotatable bonds is 11. The van der Waals surface area contributed by atoms with Gasteiger partial charge in [-0.05, 0) is 151 Å². The van der Waals surface area contributed by atoms with Crippen molar-refractivity contribution in [3.8, 4) is 83.6 Å². The Kier molecular flexibility index (Phi) is 12.1. The molecule has 392 valence electrons. The van der Waals surface area contributed by atoms with Gasteiger partial charge in [0, 0.05) is 38.8 Å². The van der Waals surface area contributed by atoms with Crippen molar-refractivity contribution in [2.24, 2.45) is 0 Å². The Morgan fingerprint density at radius 2 is 0.783 bits per heavy atom. The zero-order valence-electron chi connectivity index (χ0n) is 45.7. The van der Waals surface area contributed by atoms with Gasteiger partial charge < -0.3 is 14.4 Å². The van der Waals surface area contributed by atoms with Gasteiger partial charge in [-0.2, -0.15) is 0 Å². The van der Waals surface area contributed by atoms with Gasteiger partial charge in [-0.15, -0.1) is 0 Å². The van der Waals surface area contributed by atoms with Crippen LogP contribution in [0.5, 0.6) is 5.75 Å². The maximum absolute atomic E-state index is 11.9. The smallest absolute Gasteiger partial charge is 0.136 e. The predicted octanol–water partition coefficient (Wildman–Crippen LogP) is 21.4. The number of benzene rings is 13. The molecule has 0 saturated carbocycles. The van der Waals surface area contributed by atoms with E-state index in [1.807, 2.05) is 24.3 Å². The van der Waals surface area contributed by atoms with Crippen LogP contribution in [0.3, 0.4) is 0 Å². The van der Waals surface area contributed by atoms with Crippen molar-refractivity contribution < 1.29 is 9.52 Å². The first-order valence-electron chi connectivity index (χ1n) is 28.5. The summed E-state index contributed by atoms with van der Waals surface area (Å²) in [7, 11) is 0. The third kappa shape index (κ3) is 8.19. The molecule has 3 heteroatoms. The molecule has 13 aromatic carbocycles. The molecule has 0 spiro atoms. The van der Waals surface area contributed by atoms with Gasteiger partial charge in [0.15, 0.2) is 0 Å². The van der Waals surface area contributed by atoms with Gasteiger partial charge in [0.25, 0.3) is 0 Å². The van der Waals surface area contributed by atoms with E-state index in [0.29, 0.717) is 0 Å². The first-order chi connectivity index (χ1) is 41.0. The summed E-state index contributed by atoms with van der Waals surface area (Å²) in [6, 6.07) is 111.